The standard InChI is InChI=1S/C20H28N6O/c1-13(2)17-9-18(24-23-17)20(27)26-8-6-16-15(12-26)10-21-19(22-16)14-5-4-7-25(3)11-14/h9-10,13-14H,4-8,11-12H2,1-3H3,(H,23,24). The van der Waals surface area contributed by atoms with Crippen LogP contribution in [0.4, 0.5) is 0 Å². The van der Waals surface area contributed by atoms with E-state index in [0.717, 1.165) is 48.7 Å². The number of fused-ring (bicyclic) bond motifs is 1. The van der Waals surface area contributed by atoms with Crippen LogP contribution in [0.5, 0.6) is 0 Å². The van der Waals surface area contributed by atoms with Crippen molar-refractivity contribution in [3.05, 3.63) is 40.7 Å². The molecule has 2 aromatic rings. The first kappa shape index (κ1) is 18.1. The van der Waals surface area contributed by atoms with Crippen LogP contribution in [0.1, 0.15) is 71.8 Å². The highest BCUT2D eigenvalue weighted by atomic mass is 16.2. The third kappa shape index (κ3) is 3.74. The van der Waals surface area contributed by atoms with Gasteiger partial charge in [0.05, 0.1) is 5.69 Å². The Morgan fingerprint density at radius 1 is 1.33 bits per heavy atom. The number of likely N-dealkylation sites (N-methyl/N-ethyl adjacent to an activating group) is 1. The van der Waals surface area contributed by atoms with Crippen molar-refractivity contribution in [2.75, 3.05) is 26.7 Å². The number of likely N-dealkylation sites (tertiary alicyclic amines) is 1. The quantitative estimate of drug-likeness (QED) is 0.900. The van der Waals surface area contributed by atoms with E-state index >= 15 is 0 Å². The molecule has 7 nitrogen and oxygen atoms in total. The number of amides is 1. The van der Waals surface area contributed by atoms with Gasteiger partial charge in [-0.3, -0.25) is 9.89 Å². The highest BCUT2D eigenvalue weighted by Crippen LogP contribution is 2.26. The van der Waals surface area contributed by atoms with Crippen LogP contribution < -0.4 is 0 Å². The average molecular weight is 368 g/mol. The molecule has 1 fully saturated rings. The smallest absolute Gasteiger partial charge is 0.274 e. The van der Waals surface area contributed by atoms with E-state index in [9.17, 15) is 4.79 Å². The van der Waals surface area contributed by atoms with E-state index in [1.54, 1.807) is 0 Å². The van der Waals surface area contributed by atoms with Crippen LogP contribution in [0.25, 0.3) is 0 Å². The molecule has 0 radical (unpaired) electrons. The number of H-pyrrole nitrogens is 1. The van der Waals surface area contributed by atoms with Crippen molar-refractivity contribution in [2.24, 2.45) is 0 Å². The Bertz CT molecular complexity index is 830. The number of carbonyl (C=O) groups is 1. The Balaban J connectivity index is 1.47. The second kappa shape index (κ2) is 7.38. The van der Waals surface area contributed by atoms with Gasteiger partial charge in [-0.05, 0) is 38.4 Å². The predicted molar refractivity (Wildman–Crippen MR) is 103 cm³/mol. The summed E-state index contributed by atoms with van der Waals surface area (Å²) < 4.78 is 0. The van der Waals surface area contributed by atoms with E-state index in [4.69, 9.17) is 4.98 Å². The molecular formula is C20H28N6O. The predicted octanol–water partition coefficient (Wildman–Crippen LogP) is 2.33. The van der Waals surface area contributed by atoms with Crippen molar-refractivity contribution in [3.8, 4) is 0 Å². The normalized spacial score (nSPS) is 20.7. The molecule has 2 aromatic heterocycles. The zero-order valence-corrected chi connectivity index (χ0v) is 16.4. The van der Waals surface area contributed by atoms with Crippen molar-refractivity contribution >= 4 is 5.91 Å². The first-order valence-electron chi connectivity index (χ1n) is 9.89. The van der Waals surface area contributed by atoms with Gasteiger partial charge in [-0.15, -0.1) is 0 Å². The highest BCUT2D eigenvalue weighted by molar-refractivity contribution is 5.92. The monoisotopic (exact) mass is 368 g/mol. The van der Waals surface area contributed by atoms with Crippen LogP contribution in [-0.4, -0.2) is 62.6 Å². The van der Waals surface area contributed by atoms with E-state index in [1.807, 2.05) is 17.2 Å². The molecule has 4 heterocycles. The summed E-state index contributed by atoms with van der Waals surface area (Å²) in [6.07, 6.45) is 5.06. The van der Waals surface area contributed by atoms with E-state index in [2.05, 4.69) is 41.0 Å². The summed E-state index contributed by atoms with van der Waals surface area (Å²) >= 11 is 0. The minimum absolute atomic E-state index is 0.0261. The summed E-state index contributed by atoms with van der Waals surface area (Å²) in [6.45, 7) is 7.58. The number of piperidine rings is 1. The second-order valence-electron chi connectivity index (χ2n) is 8.14. The van der Waals surface area contributed by atoms with Gasteiger partial charge in [0.2, 0.25) is 0 Å². The third-order valence-electron chi connectivity index (χ3n) is 5.67. The number of rotatable bonds is 3. The SMILES string of the molecule is CC(C)c1cc(C(=O)N2CCc3nc(C4CCCN(C)C4)ncc3C2)n[nH]1. The molecule has 1 atom stereocenters. The second-order valence-corrected chi connectivity index (χ2v) is 8.14. The molecule has 1 N–H and O–H groups in total. The Labute approximate surface area is 160 Å². The summed E-state index contributed by atoms with van der Waals surface area (Å²) in [5.41, 5.74) is 3.63. The van der Waals surface area contributed by atoms with Gasteiger partial charge in [0.25, 0.3) is 5.91 Å². The summed E-state index contributed by atoms with van der Waals surface area (Å²) in [4.78, 5) is 26.5. The van der Waals surface area contributed by atoms with E-state index in [0.29, 0.717) is 30.6 Å². The molecule has 7 heteroatoms. The number of aromatic nitrogens is 4. The van der Waals surface area contributed by atoms with Gasteiger partial charge in [0.15, 0.2) is 0 Å². The minimum atomic E-state index is -0.0261. The van der Waals surface area contributed by atoms with Gasteiger partial charge in [0, 0.05) is 49.4 Å². The molecule has 2 aliphatic heterocycles. The van der Waals surface area contributed by atoms with Crippen LogP contribution in [0, 0.1) is 0 Å². The number of aromatic amines is 1. The fourth-order valence-electron chi connectivity index (χ4n) is 3.98. The molecule has 4 rings (SSSR count). The number of nitrogens with zero attached hydrogens (tertiary/aromatic N) is 5. The van der Waals surface area contributed by atoms with Crippen LogP contribution in [-0.2, 0) is 13.0 Å². The Morgan fingerprint density at radius 3 is 2.93 bits per heavy atom. The fraction of sp³-hybridized carbons (Fsp3) is 0.600. The fourth-order valence-corrected chi connectivity index (χ4v) is 3.98. The Morgan fingerprint density at radius 2 is 2.19 bits per heavy atom. The maximum atomic E-state index is 12.8. The zero-order chi connectivity index (χ0) is 19.0. The largest absolute Gasteiger partial charge is 0.332 e. The van der Waals surface area contributed by atoms with Crippen molar-refractivity contribution in [1.29, 1.82) is 0 Å². The molecule has 0 saturated carbocycles. The molecule has 144 valence electrons. The summed E-state index contributed by atoms with van der Waals surface area (Å²) in [5.74, 6) is 1.69. The zero-order valence-electron chi connectivity index (χ0n) is 16.4. The molecule has 0 aromatic carbocycles. The molecule has 0 spiro atoms. The maximum Gasteiger partial charge on any atom is 0.274 e. The van der Waals surface area contributed by atoms with E-state index in [1.165, 1.54) is 6.42 Å². The lowest BCUT2D eigenvalue weighted by Crippen LogP contribution is -2.37. The first-order valence-corrected chi connectivity index (χ1v) is 9.89. The number of hydrogen-bond acceptors (Lipinski definition) is 5. The minimum Gasteiger partial charge on any atom is -0.332 e. The number of nitrogens with one attached hydrogen (secondary N) is 1. The summed E-state index contributed by atoms with van der Waals surface area (Å²) in [5, 5.41) is 7.16. The summed E-state index contributed by atoms with van der Waals surface area (Å²) in [6, 6.07) is 1.86. The molecule has 2 aliphatic rings. The lowest BCUT2D eigenvalue weighted by atomic mass is 9.97. The van der Waals surface area contributed by atoms with Crippen LogP contribution in [0.2, 0.25) is 0 Å². The lowest BCUT2D eigenvalue weighted by molar-refractivity contribution is 0.0727. The molecule has 1 saturated heterocycles. The number of carbonyl (C=O) groups excluding carboxylic acids is 1. The van der Waals surface area contributed by atoms with Gasteiger partial charge >= 0.3 is 0 Å². The van der Waals surface area contributed by atoms with Gasteiger partial charge in [0.1, 0.15) is 11.5 Å². The van der Waals surface area contributed by atoms with Crippen molar-refractivity contribution < 1.29 is 4.79 Å². The Kier molecular flexibility index (Phi) is 4.95. The van der Waals surface area contributed by atoms with Crippen LogP contribution >= 0.6 is 0 Å². The third-order valence-corrected chi connectivity index (χ3v) is 5.67. The highest BCUT2D eigenvalue weighted by Gasteiger charge is 2.27. The van der Waals surface area contributed by atoms with E-state index < -0.39 is 0 Å². The molecule has 0 aliphatic carbocycles. The number of hydrogen-bond donors (Lipinski definition) is 1. The van der Waals surface area contributed by atoms with Gasteiger partial charge in [-0.25, -0.2) is 9.97 Å². The van der Waals surface area contributed by atoms with Crippen molar-refractivity contribution in [2.45, 2.75) is 51.5 Å². The van der Waals surface area contributed by atoms with Crippen LogP contribution in [0.3, 0.4) is 0 Å². The van der Waals surface area contributed by atoms with Gasteiger partial charge in [-0.1, -0.05) is 13.8 Å². The molecule has 27 heavy (non-hydrogen) atoms. The molecule has 1 amide bonds. The van der Waals surface area contributed by atoms with Gasteiger partial charge < -0.3 is 9.80 Å². The molecule has 0 bridgehead atoms. The maximum absolute atomic E-state index is 12.8. The lowest BCUT2D eigenvalue weighted by Gasteiger charge is -2.30. The topological polar surface area (TPSA) is 78.0 Å². The first-order chi connectivity index (χ1) is 13.0. The molecular weight excluding hydrogens is 340 g/mol. The van der Waals surface area contributed by atoms with Gasteiger partial charge in [-0.2, -0.15) is 5.10 Å². The van der Waals surface area contributed by atoms with Crippen LogP contribution in [0.15, 0.2) is 12.3 Å². The average Bonchev–Trinajstić information content (AvgIpc) is 3.17. The van der Waals surface area contributed by atoms with Crippen molar-refractivity contribution in [3.63, 3.8) is 0 Å². The van der Waals surface area contributed by atoms with E-state index in [-0.39, 0.29) is 5.91 Å². The van der Waals surface area contributed by atoms with Crippen molar-refractivity contribution in [1.82, 2.24) is 30.0 Å². The summed E-state index contributed by atoms with van der Waals surface area (Å²) in [7, 11) is 2.16. The molecule has 1 unspecified atom stereocenters. The Hall–Kier alpha value is -2.28.